The van der Waals surface area contributed by atoms with Crippen LogP contribution in [0.25, 0.3) is 0 Å². The summed E-state index contributed by atoms with van der Waals surface area (Å²) in [7, 11) is 2.11. The van der Waals surface area contributed by atoms with Gasteiger partial charge in [0.1, 0.15) is 0 Å². The van der Waals surface area contributed by atoms with Crippen molar-refractivity contribution in [3.8, 4) is 0 Å². The summed E-state index contributed by atoms with van der Waals surface area (Å²) in [5.41, 5.74) is 1.30. The Morgan fingerprint density at radius 1 is 1.38 bits per heavy atom. The Hall–Kier alpha value is -0.570. The van der Waals surface area contributed by atoms with Gasteiger partial charge in [0.25, 0.3) is 0 Å². The highest BCUT2D eigenvalue weighted by Crippen LogP contribution is 2.32. The van der Waals surface area contributed by atoms with E-state index in [1.54, 1.807) is 0 Å². The van der Waals surface area contributed by atoms with E-state index in [0.29, 0.717) is 11.8 Å². The highest BCUT2D eigenvalue weighted by atomic mass is 35.5. The maximum Gasteiger partial charge on any atom is 0.0477 e. The summed E-state index contributed by atoms with van der Waals surface area (Å²) in [6.07, 6.45) is 1.11. The van der Waals surface area contributed by atoms with E-state index in [2.05, 4.69) is 24.1 Å². The first-order valence-electron chi connectivity index (χ1n) is 5.75. The Bertz CT molecular complexity index is 338. The molecule has 0 unspecified atom stereocenters. The first-order chi connectivity index (χ1) is 7.70. The van der Waals surface area contributed by atoms with Crippen molar-refractivity contribution in [1.29, 1.82) is 0 Å². The van der Waals surface area contributed by atoms with Crippen LogP contribution in [0.15, 0.2) is 24.3 Å². The fourth-order valence-electron chi connectivity index (χ4n) is 2.55. The number of piperidine rings is 1. The zero-order valence-corrected chi connectivity index (χ0v) is 10.3. The molecule has 1 aromatic carbocycles. The molecule has 1 saturated heterocycles. The molecule has 0 bridgehead atoms. The molecule has 0 aromatic heterocycles. The number of benzene rings is 1. The summed E-state index contributed by atoms with van der Waals surface area (Å²) >= 11 is 5.89. The summed E-state index contributed by atoms with van der Waals surface area (Å²) in [5.74, 6) is 0.818. The molecule has 88 valence electrons. The first kappa shape index (κ1) is 11.9. The number of rotatable bonds is 2. The normalized spacial score (nSPS) is 26.9. The zero-order chi connectivity index (χ0) is 11.5. The van der Waals surface area contributed by atoms with Crippen LogP contribution in [0.3, 0.4) is 0 Å². The van der Waals surface area contributed by atoms with E-state index >= 15 is 0 Å². The van der Waals surface area contributed by atoms with E-state index in [-0.39, 0.29) is 6.61 Å². The highest BCUT2D eigenvalue weighted by molar-refractivity contribution is 6.30. The van der Waals surface area contributed by atoms with E-state index in [0.717, 1.165) is 24.5 Å². The molecule has 2 atom stereocenters. The molecule has 0 aliphatic carbocycles. The Balaban J connectivity index is 2.15. The molecule has 2 rings (SSSR count). The van der Waals surface area contributed by atoms with Crippen molar-refractivity contribution in [3.05, 3.63) is 34.9 Å². The van der Waals surface area contributed by atoms with Crippen LogP contribution in [0.1, 0.15) is 17.9 Å². The number of hydrogen-bond acceptors (Lipinski definition) is 2. The van der Waals surface area contributed by atoms with Crippen molar-refractivity contribution < 1.29 is 5.11 Å². The van der Waals surface area contributed by atoms with Gasteiger partial charge >= 0.3 is 0 Å². The molecule has 2 nitrogen and oxygen atoms in total. The molecule has 1 aliphatic heterocycles. The second kappa shape index (κ2) is 5.17. The van der Waals surface area contributed by atoms with Crippen molar-refractivity contribution in [2.75, 3.05) is 26.7 Å². The van der Waals surface area contributed by atoms with Crippen molar-refractivity contribution in [2.45, 2.75) is 12.3 Å². The van der Waals surface area contributed by atoms with Crippen LogP contribution >= 0.6 is 11.6 Å². The van der Waals surface area contributed by atoms with Crippen molar-refractivity contribution in [3.63, 3.8) is 0 Å². The van der Waals surface area contributed by atoms with E-state index in [4.69, 9.17) is 11.6 Å². The van der Waals surface area contributed by atoms with Crippen LogP contribution < -0.4 is 0 Å². The van der Waals surface area contributed by atoms with Gasteiger partial charge in [0.2, 0.25) is 0 Å². The van der Waals surface area contributed by atoms with E-state index in [1.165, 1.54) is 5.56 Å². The number of likely N-dealkylation sites (tertiary alicyclic amines) is 1. The van der Waals surface area contributed by atoms with Crippen LogP contribution in [0.5, 0.6) is 0 Å². The lowest BCUT2D eigenvalue weighted by Gasteiger charge is -2.36. The minimum absolute atomic E-state index is 0.262. The third-order valence-electron chi connectivity index (χ3n) is 3.47. The second-order valence-electron chi connectivity index (χ2n) is 4.65. The van der Waals surface area contributed by atoms with Gasteiger partial charge in [0.15, 0.2) is 0 Å². The van der Waals surface area contributed by atoms with E-state index in [1.807, 2.05) is 12.1 Å². The van der Waals surface area contributed by atoms with Crippen molar-refractivity contribution in [1.82, 2.24) is 4.90 Å². The molecule has 1 fully saturated rings. The third kappa shape index (κ3) is 2.57. The molecular weight excluding hydrogens is 222 g/mol. The minimum atomic E-state index is 0.262. The predicted molar refractivity (Wildman–Crippen MR) is 66.9 cm³/mol. The van der Waals surface area contributed by atoms with E-state index in [9.17, 15) is 5.11 Å². The van der Waals surface area contributed by atoms with Gasteiger partial charge in [-0.3, -0.25) is 0 Å². The van der Waals surface area contributed by atoms with Crippen LogP contribution in [0, 0.1) is 5.92 Å². The molecule has 1 N–H and O–H groups in total. The fourth-order valence-corrected chi connectivity index (χ4v) is 2.67. The lowest BCUT2D eigenvalue weighted by Crippen LogP contribution is -2.38. The maximum atomic E-state index is 9.44. The van der Waals surface area contributed by atoms with Gasteiger partial charge in [-0.1, -0.05) is 23.7 Å². The summed E-state index contributed by atoms with van der Waals surface area (Å²) in [4.78, 5) is 2.29. The van der Waals surface area contributed by atoms with Crippen LogP contribution in [-0.4, -0.2) is 36.8 Å². The lowest BCUT2D eigenvalue weighted by molar-refractivity contribution is 0.118. The predicted octanol–water partition coefficient (Wildman–Crippen LogP) is 2.37. The maximum absolute atomic E-state index is 9.44. The third-order valence-corrected chi connectivity index (χ3v) is 3.72. The van der Waals surface area contributed by atoms with Crippen LogP contribution in [0.4, 0.5) is 0 Å². The average Bonchev–Trinajstić information content (AvgIpc) is 2.30. The van der Waals surface area contributed by atoms with Gasteiger partial charge in [-0.2, -0.15) is 0 Å². The Labute approximate surface area is 102 Å². The zero-order valence-electron chi connectivity index (χ0n) is 9.56. The largest absolute Gasteiger partial charge is 0.396 e. The molecule has 1 heterocycles. The molecule has 1 aromatic rings. The molecule has 0 spiro atoms. The van der Waals surface area contributed by atoms with Gasteiger partial charge in [-0.15, -0.1) is 0 Å². The summed E-state index contributed by atoms with van der Waals surface area (Å²) < 4.78 is 0. The Morgan fingerprint density at radius 2 is 2.06 bits per heavy atom. The average molecular weight is 240 g/mol. The summed E-state index contributed by atoms with van der Waals surface area (Å²) in [6.45, 7) is 2.34. The Kier molecular flexibility index (Phi) is 3.85. The minimum Gasteiger partial charge on any atom is -0.396 e. The summed E-state index contributed by atoms with van der Waals surface area (Å²) in [5, 5.41) is 10.2. The highest BCUT2D eigenvalue weighted by Gasteiger charge is 2.28. The number of aliphatic hydroxyl groups excluding tert-OH is 1. The van der Waals surface area contributed by atoms with Crippen molar-refractivity contribution in [2.24, 2.45) is 5.92 Å². The number of hydrogen-bond donors (Lipinski definition) is 1. The first-order valence-corrected chi connectivity index (χ1v) is 6.13. The summed E-state index contributed by atoms with van der Waals surface area (Å²) in [6, 6.07) is 8.04. The molecule has 0 radical (unpaired) electrons. The Morgan fingerprint density at radius 3 is 2.69 bits per heavy atom. The smallest absolute Gasteiger partial charge is 0.0477 e. The SMILES string of the molecule is CN1CC[C@@H](c2ccc(Cl)cc2)[C@@H](CO)C1. The van der Waals surface area contributed by atoms with Gasteiger partial charge in [-0.25, -0.2) is 0 Å². The molecular formula is C13H18ClNO. The topological polar surface area (TPSA) is 23.5 Å². The lowest BCUT2D eigenvalue weighted by atomic mass is 9.81. The van der Waals surface area contributed by atoms with Gasteiger partial charge in [-0.05, 0) is 43.6 Å². The van der Waals surface area contributed by atoms with E-state index < -0.39 is 0 Å². The fraction of sp³-hybridized carbons (Fsp3) is 0.538. The molecule has 0 saturated carbocycles. The number of nitrogens with zero attached hydrogens (tertiary/aromatic N) is 1. The molecule has 16 heavy (non-hydrogen) atoms. The molecule has 1 aliphatic rings. The van der Waals surface area contributed by atoms with Crippen molar-refractivity contribution >= 4 is 11.6 Å². The number of halogens is 1. The standard InChI is InChI=1S/C13H18ClNO/c1-15-7-6-13(11(8-15)9-16)10-2-4-12(14)5-3-10/h2-5,11,13,16H,6-9H2,1H3/t11-,13+/m1/s1. The van der Waals surface area contributed by atoms with Gasteiger partial charge in [0, 0.05) is 24.1 Å². The monoisotopic (exact) mass is 239 g/mol. The van der Waals surface area contributed by atoms with Crippen LogP contribution in [-0.2, 0) is 0 Å². The quantitative estimate of drug-likeness (QED) is 0.857. The van der Waals surface area contributed by atoms with Gasteiger partial charge < -0.3 is 10.0 Å². The second-order valence-corrected chi connectivity index (χ2v) is 5.09. The molecule has 0 amide bonds. The van der Waals surface area contributed by atoms with Gasteiger partial charge in [0.05, 0.1) is 0 Å². The molecule has 3 heteroatoms. The van der Waals surface area contributed by atoms with Crippen LogP contribution in [0.2, 0.25) is 5.02 Å². The number of aliphatic hydroxyl groups is 1.